The number of benzene rings is 10. The summed E-state index contributed by atoms with van der Waals surface area (Å²) in [6.45, 7) is 8.27. The molecule has 1 fully saturated rings. The van der Waals surface area contributed by atoms with Crippen molar-refractivity contribution in [3.63, 3.8) is 0 Å². The molecule has 12 heteroatoms. The molecule has 0 amide bonds. The maximum Gasteiger partial charge on any atom is 0.494 e. The van der Waals surface area contributed by atoms with Gasteiger partial charge in [-0.05, 0) is 108 Å². The summed E-state index contributed by atoms with van der Waals surface area (Å²) in [5, 5.41) is 4.35. The van der Waals surface area contributed by atoms with Crippen LogP contribution in [0.1, 0.15) is 27.7 Å². The molecule has 98 heavy (non-hydrogen) atoms. The molecular formula is C86H64BBrN8O2. The molecule has 0 N–H and O–H groups in total. The van der Waals surface area contributed by atoms with Crippen LogP contribution in [0.2, 0.25) is 0 Å². The van der Waals surface area contributed by atoms with Gasteiger partial charge in [-0.25, -0.2) is 29.9 Å². The zero-order valence-corrected chi connectivity index (χ0v) is 56.0. The number of hydrogen-bond acceptors (Lipinski definition) is 10. The standard InChI is InChI=1S/C40H26N4.C24H23BN2O2.C22H15BrN2/c1-3-8-27(9-4-1)28-13-15-30(16-14-28)36-26-37(44-40(43-36)34-10-5-2-6-11-34)31-19-17-29(18-20-31)35-24-23-33-22-21-32-12-7-25-41-38(32)39(33)42-35;1-23(2)24(3,4)29-25(28-23)19-12-9-16(10-13-19)20-14-11-18-8-7-17-6-5-15-26-21(17)22(18)27-20;23-21-15-20(24-22(25-21)19-9-5-2-6-10-19)18-13-11-17(12-14-18)16-7-3-1-4-8-16/h1-26H;5-15H,1-4H3;1-15H. The maximum absolute atomic E-state index is 6.16. The Labute approximate surface area is 578 Å². The summed E-state index contributed by atoms with van der Waals surface area (Å²) < 4.78 is 13.1. The molecule has 17 rings (SSSR count). The summed E-state index contributed by atoms with van der Waals surface area (Å²) in [5.74, 6) is 1.42. The summed E-state index contributed by atoms with van der Waals surface area (Å²) in [7, 11) is -0.355. The summed E-state index contributed by atoms with van der Waals surface area (Å²) in [6, 6.07) is 103. The van der Waals surface area contributed by atoms with E-state index in [0.717, 1.165) is 127 Å². The quantitative estimate of drug-likeness (QED) is 0.0743. The number of aromatic nitrogens is 8. The van der Waals surface area contributed by atoms with Crippen molar-refractivity contribution in [3.8, 4) is 101 Å². The fourth-order valence-corrected chi connectivity index (χ4v) is 12.4. The first-order valence-electron chi connectivity index (χ1n) is 32.6. The van der Waals surface area contributed by atoms with Crippen molar-refractivity contribution in [3.05, 3.63) is 320 Å². The zero-order chi connectivity index (χ0) is 66.6. The predicted molar refractivity (Wildman–Crippen MR) is 404 cm³/mol. The first-order valence-corrected chi connectivity index (χ1v) is 33.4. The molecular weight excluding hydrogens is 1270 g/mol. The van der Waals surface area contributed by atoms with Crippen LogP contribution in [-0.2, 0) is 9.31 Å². The van der Waals surface area contributed by atoms with E-state index in [1.54, 1.807) is 0 Å². The lowest BCUT2D eigenvalue weighted by Gasteiger charge is -2.32. The summed E-state index contributed by atoms with van der Waals surface area (Å²) in [5.41, 5.74) is 20.5. The SMILES string of the molecule is Brc1cc(-c2ccc(-c3ccccc3)cc2)nc(-c2ccccc2)n1.CC1(C)OB(c2ccc(-c3ccc4ccc5cccnc5c4n3)cc2)OC1(C)C.c1ccc(-c2ccc(-c3cc(-c4ccc(-c5ccc6ccc7cccnc7c6n5)cc4)nc(-c4ccccc4)n3)cc2)cc1. The van der Waals surface area contributed by atoms with Gasteiger partial charge in [0.05, 0.1) is 61.7 Å². The van der Waals surface area contributed by atoms with Crippen molar-refractivity contribution in [2.45, 2.75) is 38.9 Å². The zero-order valence-electron chi connectivity index (χ0n) is 54.4. The lowest BCUT2D eigenvalue weighted by Crippen LogP contribution is -2.41. The maximum atomic E-state index is 6.16. The van der Waals surface area contributed by atoms with Crippen LogP contribution in [0, 0.1) is 0 Å². The second kappa shape index (κ2) is 27.3. The summed E-state index contributed by atoms with van der Waals surface area (Å²) in [6.07, 6.45) is 3.64. The van der Waals surface area contributed by atoms with Gasteiger partial charge in [0.2, 0.25) is 0 Å². The van der Waals surface area contributed by atoms with Gasteiger partial charge in [0.15, 0.2) is 11.6 Å². The van der Waals surface area contributed by atoms with Gasteiger partial charge in [-0.3, -0.25) is 9.97 Å². The molecule has 16 aromatic rings. The minimum atomic E-state index is -0.355. The third-order valence-electron chi connectivity index (χ3n) is 18.1. The van der Waals surface area contributed by atoms with Crippen LogP contribution in [0.3, 0.4) is 0 Å². The number of pyridine rings is 4. The Morgan fingerprint density at radius 1 is 0.265 bits per heavy atom. The van der Waals surface area contributed by atoms with Crippen LogP contribution in [0.15, 0.2) is 320 Å². The highest BCUT2D eigenvalue weighted by Gasteiger charge is 2.51. The number of halogens is 1. The first-order chi connectivity index (χ1) is 47.9. The van der Waals surface area contributed by atoms with E-state index in [-0.39, 0.29) is 18.3 Å². The van der Waals surface area contributed by atoms with Gasteiger partial charge in [-0.1, -0.05) is 267 Å². The summed E-state index contributed by atoms with van der Waals surface area (Å²) >= 11 is 3.51. The van der Waals surface area contributed by atoms with E-state index in [1.165, 1.54) is 22.3 Å². The Kier molecular flexibility index (Phi) is 17.4. The van der Waals surface area contributed by atoms with Gasteiger partial charge >= 0.3 is 7.12 Å². The average molecular weight is 1330 g/mol. The monoisotopic (exact) mass is 1330 g/mol. The van der Waals surface area contributed by atoms with Crippen LogP contribution in [-0.4, -0.2) is 58.2 Å². The Morgan fingerprint density at radius 2 is 0.571 bits per heavy atom. The lowest BCUT2D eigenvalue weighted by molar-refractivity contribution is 0.00578. The van der Waals surface area contributed by atoms with Crippen LogP contribution in [0.25, 0.3) is 145 Å². The fourth-order valence-electron chi connectivity index (χ4n) is 12.0. The van der Waals surface area contributed by atoms with Crippen LogP contribution < -0.4 is 5.46 Å². The molecule has 0 aliphatic carbocycles. The van der Waals surface area contributed by atoms with E-state index in [1.807, 2.05) is 91.3 Å². The van der Waals surface area contributed by atoms with Crippen LogP contribution in [0.4, 0.5) is 0 Å². The highest BCUT2D eigenvalue weighted by atomic mass is 79.9. The van der Waals surface area contributed by atoms with Gasteiger partial charge in [0.25, 0.3) is 0 Å². The molecule has 0 unspecified atom stereocenters. The first kappa shape index (κ1) is 62.6. The van der Waals surface area contributed by atoms with Gasteiger partial charge in [0, 0.05) is 72.9 Å². The predicted octanol–water partition coefficient (Wildman–Crippen LogP) is 20.9. The molecule has 1 aliphatic heterocycles. The smallest absolute Gasteiger partial charge is 0.399 e. The van der Waals surface area contributed by atoms with Gasteiger partial charge in [-0.15, -0.1) is 0 Å². The van der Waals surface area contributed by atoms with Gasteiger partial charge in [0.1, 0.15) is 4.60 Å². The number of fused-ring (bicyclic) bond motifs is 6. The molecule has 470 valence electrons. The third-order valence-corrected chi connectivity index (χ3v) is 18.5. The van der Waals surface area contributed by atoms with Crippen molar-refractivity contribution < 1.29 is 9.31 Å². The Morgan fingerprint density at radius 3 is 0.969 bits per heavy atom. The minimum Gasteiger partial charge on any atom is -0.399 e. The van der Waals surface area contributed by atoms with Crippen molar-refractivity contribution in [2.24, 2.45) is 0 Å². The van der Waals surface area contributed by atoms with E-state index in [9.17, 15) is 0 Å². The van der Waals surface area contributed by atoms with Crippen molar-refractivity contribution in [1.82, 2.24) is 39.9 Å². The second-order valence-electron chi connectivity index (χ2n) is 25.1. The minimum absolute atomic E-state index is 0.343. The van der Waals surface area contributed by atoms with E-state index >= 15 is 0 Å². The Hall–Kier alpha value is -11.5. The van der Waals surface area contributed by atoms with Gasteiger partial charge < -0.3 is 9.31 Å². The fraction of sp³-hybridized carbons (Fsp3) is 0.0698. The molecule has 6 aromatic heterocycles. The van der Waals surface area contributed by atoms with E-state index < -0.39 is 0 Å². The highest BCUT2D eigenvalue weighted by Crippen LogP contribution is 2.38. The highest BCUT2D eigenvalue weighted by molar-refractivity contribution is 9.10. The Balaban J connectivity index is 0.000000126. The molecule has 1 saturated heterocycles. The molecule has 10 nitrogen and oxygen atoms in total. The van der Waals surface area contributed by atoms with Crippen LogP contribution in [0.5, 0.6) is 0 Å². The van der Waals surface area contributed by atoms with Crippen molar-refractivity contribution in [1.29, 1.82) is 0 Å². The lowest BCUT2D eigenvalue weighted by atomic mass is 9.79. The van der Waals surface area contributed by atoms with Gasteiger partial charge in [-0.2, -0.15) is 0 Å². The molecule has 0 saturated carbocycles. The summed E-state index contributed by atoms with van der Waals surface area (Å²) in [4.78, 5) is 38.3. The van der Waals surface area contributed by atoms with E-state index in [2.05, 4.69) is 283 Å². The number of hydrogen-bond donors (Lipinski definition) is 0. The molecule has 0 radical (unpaired) electrons. The normalized spacial score (nSPS) is 13.0. The van der Waals surface area contributed by atoms with E-state index in [4.69, 9.17) is 34.2 Å². The third kappa shape index (κ3) is 13.4. The molecule has 0 spiro atoms. The number of rotatable bonds is 10. The second-order valence-corrected chi connectivity index (χ2v) is 25.9. The van der Waals surface area contributed by atoms with Crippen molar-refractivity contribution in [2.75, 3.05) is 0 Å². The Bertz CT molecular complexity index is 5490. The number of nitrogens with zero attached hydrogens (tertiary/aromatic N) is 8. The van der Waals surface area contributed by atoms with Crippen LogP contribution >= 0.6 is 15.9 Å². The average Bonchev–Trinajstić information content (AvgIpc) is 1.67. The molecule has 1 aliphatic rings. The van der Waals surface area contributed by atoms with E-state index in [0.29, 0.717) is 5.82 Å². The molecule has 0 bridgehead atoms. The molecule has 10 aromatic carbocycles. The topological polar surface area (TPSA) is 122 Å². The largest absolute Gasteiger partial charge is 0.494 e. The molecule has 0 atom stereocenters. The van der Waals surface area contributed by atoms with Crippen molar-refractivity contribution >= 4 is 72.1 Å². The molecule has 7 heterocycles.